The van der Waals surface area contributed by atoms with E-state index in [1.807, 2.05) is 37.3 Å². The van der Waals surface area contributed by atoms with Crippen molar-refractivity contribution >= 4 is 23.4 Å². The van der Waals surface area contributed by atoms with E-state index in [9.17, 15) is 4.79 Å². The van der Waals surface area contributed by atoms with Crippen LogP contribution in [0.5, 0.6) is 0 Å². The monoisotopic (exact) mass is 422 g/mol. The summed E-state index contributed by atoms with van der Waals surface area (Å²) in [7, 11) is 1.90. The molecule has 0 bridgehead atoms. The van der Waals surface area contributed by atoms with Crippen LogP contribution in [0.3, 0.4) is 0 Å². The van der Waals surface area contributed by atoms with Gasteiger partial charge in [-0.25, -0.2) is 9.97 Å². The third-order valence-corrected chi connectivity index (χ3v) is 6.34. The predicted molar refractivity (Wildman–Crippen MR) is 120 cm³/mol. The number of piperidine rings is 1. The molecule has 7 heteroatoms. The first-order valence-electron chi connectivity index (χ1n) is 10.1. The van der Waals surface area contributed by atoms with Crippen molar-refractivity contribution in [3.8, 4) is 11.6 Å². The average Bonchev–Trinajstić information content (AvgIpc) is 3.33. The van der Waals surface area contributed by atoms with Crippen LogP contribution in [0, 0.1) is 6.92 Å². The average molecular weight is 423 g/mol. The zero-order valence-corrected chi connectivity index (χ0v) is 18.4. The van der Waals surface area contributed by atoms with Gasteiger partial charge in [0.15, 0.2) is 11.6 Å². The number of rotatable bonds is 5. The number of hydrogen-bond donors (Lipinski definition) is 0. The molecule has 0 atom stereocenters. The second-order valence-corrected chi connectivity index (χ2v) is 8.26. The number of aromatic nitrogens is 2. The summed E-state index contributed by atoms with van der Waals surface area (Å²) < 4.78 is 5.43. The van der Waals surface area contributed by atoms with Gasteiger partial charge in [0.1, 0.15) is 5.03 Å². The summed E-state index contributed by atoms with van der Waals surface area (Å²) in [5.41, 5.74) is 2.51. The highest BCUT2D eigenvalue weighted by molar-refractivity contribution is 7.98. The van der Waals surface area contributed by atoms with Crippen molar-refractivity contribution < 1.29 is 9.21 Å². The highest BCUT2D eigenvalue weighted by atomic mass is 32.2. The van der Waals surface area contributed by atoms with Crippen molar-refractivity contribution in [2.45, 2.75) is 30.8 Å². The molecule has 0 aliphatic carbocycles. The van der Waals surface area contributed by atoms with Crippen molar-refractivity contribution in [3.05, 3.63) is 60.0 Å². The molecule has 0 N–H and O–H groups in total. The van der Waals surface area contributed by atoms with Gasteiger partial charge in [-0.1, -0.05) is 18.2 Å². The van der Waals surface area contributed by atoms with Gasteiger partial charge in [0, 0.05) is 31.9 Å². The van der Waals surface area contributed by atoms with Crippen LogP contribution in [0.1, 0.15) is 28.9 Å². The fourth-order valence-electron chi connectivity index (χ4n) is 3.95. The Morgan fingerprint density at radius 2 is 1.87 bits per heavy atom. The molecule has 1 fully saturated rings. The Morgan fingerprint density at radius 1 is 1.13 bits per heavy atom. The highest BCUT2D eigenvalue weighted by Crippen LogP contribution is 2.28. The van der Waals surface area contributed by atoms with E-state index in [0.29, 0.717) is 27.9 Å². The van der Waals surface area contributed by atoms with Gasteiger partial charge in [0.05, 0.1) is 17.5 Å². The zero-order chi connectivity index (χ0) is 21.1. The molecule has 1 amide bonds. The van der Waals surface area contributed by atoms with Crippen molar-refractivity contribution in [2.75, 3.05) is 31.3 Å². The number of furan rings is 1. The van der Waals surface area contributed by atoms with Crippen molar-refractivity contribution in [2.24, 2.45) is 0 Å². The van der Waals surface area contributed by atoms with E-state index in [1.54, 1.807) is 12.3 Å². The van der Waals surface area contributed by atoms with Gasteiger partial charge in [-0.3, -0.25) is 4.79 Å². The second kappa shape index (κ2) is 8.92. The lowest BCUT2D eigenvalue weighted by Crippen LogP contribution is -2.46. The molecule has 1 saturated heterocycles. The first-order chi connectivity index (χ1) is 14.6. The Labute approximate surface area is 181 Å². The van der Waals surface area contributed by atoms with E-state index in [2.05, 4.69) is 39.1 Å². The lowest BCUT2D eigenvalue weighted by Gasteiger charge is -2.38. The fourth-order valence-corrected chi connectivity index (χ4v) is 4.57. The van der Waals surface area contributed by atoms with Gasteiger partial charge >= 0.3 is 0 Å². The number of hydrogen-bond acceptors (Lipinski definition) is 6. The molecule has 0 unspecified atom stereocenters. The minimum Gasteiger partial charge on any atom is -0.461 e. The van der Waals surface area contributed by atoms with E-state index in [0.717, 1.165) is 25.9 Å². The Bertz CT molecular complexity index is 1000. The van der Waals surface area contributed by atoms with Crippen LogP contribution >= 0.6 is 11.8 Å². The van der Waals surface area contributed by atoms with Gasteiger partial charge in [0.25, 0.3) is 5.91 Å². The second-order valence-electron chi connectivity index (χ2n) is 7.46. The standard InChI is InChI=1S/C23H26N4O2S/c1-16-20(22(30-3)25-21(24-16)19-10-7-15-29-19)23(28)26(2)17-11-13-27(14-12-17)18-8-5-4-6-9-18/h4-10,15,17H,11-14H2,1-3H3. The maximum Gasteiger partial charge on any atom is 0.258 e. The number of para-hydroxylation sites is 1. The van der Waals surface area contributed by atoms with Crippen LogP contribution in [0.2, 0.25) is 0 Å². The number of anilines is 1. The molecule has 3 aromatic rings. The van der Waals surface area contributed by atoms with Gasteiger partial charge in [-0.15, -0.1) is 11.8 Å². The normalized spacial score (nSPS) is 14.7. The molecule has 2 aromatic heterocycles. The number of nitrogens with zero attached hydrogens (tertiary/aromatic N) is 4. The number of carbonyl (C=O) groups is 1. The summed E-state index contributed by atoms with van der Waals surface area (Å²) in [4.78, 5) is 26.8. The maximum absolute atomic E-state index is 13.4. The number of carbonyl (C=O) groups excluding carboxylic acids is 1. The number of thioether (sulfide) groups is 1. The highest BCUT2D eigenvalue weighted by Gasteiger charge is 2.29. The van der Waals surface area contributed by atoms with Crippen molar-refractivity contribution in [1.82, 2.24) is 14.9 Å². The predicted octanol–water partition coefficient (Wildman–Crippen LogP) is 4.51. The summed E-state index contributed by atoms with van der Waals surface area (Å²) in [6.07, 6.45) is 5.41. The minimum atomic E-state index is -0.0130. The molecular formula is C23H26N4O2S. The fraction of sp³-hybridized carbons (Fsp3) is 0.348. The minimum absolute atomic E-state index is 0.0130. The summed E-state index contributed by atoms with van der Waals surface area (Å²) in [5.74, 6) is 1.10. The maximum atomic E-state index is 13.4. The van der Waals surface area contributed by atoms with Gasteiger partial charge < -0.3 is 14.2 Å². The number of benzene rings is 1. The van der Waals surface area contributed by atoms with Crippen LogP contribution in [-0.2, 0) is 0 Å². The lowest BCUT2D eigenvalue weighted by atomic mass is 10.0. The Morgan fingerprint density at radius 3 is 2.50 bits per heavy atom. The molecule has 0 spiro atoms. The molecule has 0 radical (unpaired) electrons. The third-order valence-electron chi connectivity index (χ3n) is 5.66. The largest absolute Gasteiger partial charge is 0.461 e. The molecular weight excluding hydrogens is 396 g/mol. The Kier molecular flexibility index (Phi) is 6.08. The molecule has 0 saturated carbocycles. The van der Waals surface area contributed by atoms with E-state index < -0.39 is 0 Å². The molecule has 30 heavy (non-hydrogen) atoms. The third kappa shape index (κ3) is 4.07. The van der Waals surface area contributed by atoms with Gasteiger partial charge in [-0.05, 0) is 50.3 Å². The first kappa shape index (κ1) is 20.5. The molecule has 6 nitrogen and oxygen atoms in total. The molecule has 1 aliphatic heterocycles. The van der Waals surface area contributed by atoms with Crippen LogP contribution in [-0.4, -0.2) is 53.2 Å². The summed E-state index contributed by atoms with van der Waals surface area (Å²) in [6, 6.07) is 14.3. The van der Waals surface area contributed by atoms with E-state index in [-0.39, 0.29) is 11.9 Å². The van der Waals surface area contributed by atoms with Gasteiger partial charge in [-0.2, -0.15) is 0 Å². The van der Waals surface area contributed by atoms with Crippen LogP contribution < -0.4 is 4.90 Å². The smallest absolute Gasteiger partial charge is 0.258 e. The molecule has 4 rings (SSSR count). The summed E-state index contributed by atoms with van der Waals surface area (Å²) in [6.45, 7) is 3.75. The molecule has 3 heterocycles. The molecule has 156 valence electrons. The Balaban J connectivity index is 1.50. The SMILES string of the molecule is CSc1nc(-c2ccco2)nc(C)c1C(=O)N(C)C1CCN(c2ccccc2)CC1. The van der Waals surface area contributed by atoms with Crippen molar-refractivity contribution in [3.63, 3.8) is 0 Å². The topological polar surface area (TPSA) is 62.5 Å². The summed E-state index contributed by atoms with van der Waals surface area (Å²) >= 11 is 1.46. The van der Waals surface area contributed by atoms with Crippen LogP contribution in [0.25, 0.3) is 11.6 Å². The van der Waals surface area contributed by atoms with E-state index >= 15 is 0 Å². The zero-order valence-electron chi connectivity index (χ0n) is 17.5. The van der Waals surface area contributed by atoms with Crippen LogP contribution in [0.15, 0.2) is 58.2 Å². The molecule has 1 aromatic carbocycles. The van der Waals surface area contributed by atoms with Crippen LogP contribution in [0.4, 0.5) is 5.69 Å². The van der Waals surface area contributed by atoms with E-state index in [1.165, 1.54) is 17.4 Å². The lowest BCUT2D eigenvalue weighted by molar-refractivity contribution is 0.0703. The summed E-state index contributed by atoms with van der Waals surface area (Å²) in [5, 5.41) is 0.687. The quantitative estimate of drug-likeness (QED) is 0.445. The number of aryl methyl sites for hydroxylation is 1. The van der Waals surface area contributed by atoms with E-state index in [4.69, 9.17) is 4.42 Å². The Hall–Kier alpha value is -2.80. The van der Waals surface area contributed by atoms with Crippen molar-refractivity contribution in [1.29, 1.82) is 0 Å². The number of amides is 1. The molecule has 1 aliphatic rings. The van der Waals surface area contributed by atoms with Gasteiger partial charge in [0.2, 0.25) is 0 Å². The first-order valence-corrected chi connectivity index (χ1v) is 11.3.